The van der Waals surface area contributed by atoms with E-state index in [2.05, 4.69) is 35.0 Å². The zero-order valence-corrected chi connectivity index (χ0v) is 22.5. The van der Waals surface area contributed by atoms with Gasteiger partial charge in [-0.05, 0) is 6.42 Å². The van der Waals surface area contributed by atoms with Gasteiger partial charge in [0.15, 0.2) is 9.84 Å². The molecule has 4 nitrogen and oxygen atoms in total. The van der Waals surface area contributed by atoms with Crippen molar-refractivity contribution in [3.8, 4) is 0 Å². The van der Waals surface area contributed by atoms with Crippen LogP contribution in [0.2, 0.25) is 0 Å². The second kappa shape index (κ2) is 18.3. The number of quaternary nitrogens is 1. The van der Waals surface area contributed by atoms with E-state index >= 15 is 0 Å². The third-order valence-electron chi connectivity index (χ3n) is 6.40. The van der Waals surface area contributed by atoms with E-state index in [0.717, 1.165) is 30.2 Å². The van der Waals surface area contributed by atoms with Crippen molar-refractivity contribution in [1.29, 1.82) is 0 Å². The summed E-state index contributed by atoms with van der Waals surface area (Å²) in [6.07, 6.45) is 18.7. The summed E-state index contributed by atoms with van der Waals surface area (Å²) in [5, 5.41) is 0. The van der Waals surface area contributed by atoms with Crippen LogP contribution in [0.3, 0.4) is 0 Å². The van der Waals surface area contributed by atoms with E-state index in [1.165, 1.54) is 70.6 Å². The number of nitrogens with zero attached hydrogens (tertiary/aromatic N) is 1. The lowest BCUT2D eigenvalue weighted by molar-refractivity contribution is -0.890. The molecule has 187 valence electrons. The molecule has 0 rings (SSSR count). The number of sulfone groups is 1. The number of methoxy groups -OCH3 is 1. The van der Waals surface area contributed by atoms with Gasteiger partial charge in [0, 0.05) is 26.4 Å². The summed E-state index contributed by atoms with van der Waals surface area (Å²) in [5.74, 6) is 0.574. The standard InChI is InChI=1S/C26H55NO3S/c1-7-8-9-10-11-12-13-14-15-16-17-18-19-20-21-31(28,29)24-26(23-30-6)22-25(2)27(3,4)5/h25-26H,2,7-24H2,1,3-6H3/q+1. The zero-order chi connectivity index (χ0) is 23.6. The Labute approximate surface area is 196 Å². The zero-order valence-electron chi connectivity index (χ0n) is 21.7. The summed E-state index contributed by atoms with van der Waals surface area (Å²) in [6.45, 7) is 6.98. The van der Waals surface area contributed by atoms with E-state index in [0.29, 0.717) is 12.4 Å². The summed E-state index contributed by atoms with van der Waals surface area (Å²) in [4.78, 5) is 0. The molecule has 0 amide bonds. The largest absolute Gasteiger partial charge is 0.384 e. The van der Waals surface area contributed by atoms with E-state index in [-0.39, 0.29) is 17.7 Å². The molecule has 5 heteroatoms. The third kappa shape index (κ3) is 19.1. The molecular formula is C26H55NO3S+. The number of rotatable bonds is 22. The molecule has 0 aliphatic carbocycles. The molecule has 0 saturated heterocycles. The minimum absolute atomic E-state index is 0.0292. The Morgan fingerprint density at radius 3 is 1.58 bits per heavy atom. The Morgan fingerprint density at radius 2 is 1.19 bits per heavy atom. The maximum Gasteiger partial charge on any atom is 0.150 e. The van der Waals surface area contributed by atoms with Crippen LogP contribution in [0, 0.1) is 12.8 Å². The molecule has 2 unspecified atom stereocenters. The van der Waals surface area contributed by atoms with E-state index in [1.54, 1.807) is 7.11 Å². The van der Waals surface area contributed by atoms with Crippen LogP contribution in [-0.2, 0) is 14.6 Å². The first-order chi connectivity index (χ1) is 14.6. The van der Waals surface area contributed by atoms with Gasteiger partial charge in [-0.15, -0.1) is 0 Å². The lowest BCUT2D eigenvalue weighted by atomic mass is 10.0. The molecule has 0 heterocycles. The molecule has 0 aliphatic rings. The molecule has 2 atom stereocenters. The summed E-state index contributed by atoms with van der Waals surface area (Å²) in [7, 11) is 4.93. The monoisotopic (exact) mass is 461 g/mol. The third-order valence-corrected chi connectivity index (χ3v) is 8.29. The molecule has 0 aromatic carbocycles. The Kier molecular flexibility index (Phi) is 18.2. The molecular weight excluding hydrogens is 406 g/mol. The van der Waals surface area contributed by atoms with Crippen molar-refractivity contribution in [3.05, 3.63) is 6.92 Å². The van der Waals surface area contributed by atoms with Gasteiger partial charge >= 0.3 is 0 Å². The highest BCUT2D eigenvalue weighted by Gasteiger charge is 2.26. The molecule has 0 N–H and O–H groups in total. The Hall–Kier alpha value is -0.130. The topological polar surface area (TPSA) is 43.4 Å². The van der Waals surface area contributed by atoms with E-state index in [1.807, 2.05) is 0 Å². The van der Waals surface area contributed by atoms with Gasteiger partial charge in [0.25, 0.3) is 0 Å². The predicted molar refractivity (Wildman–Crippen MR) is 136 cm³/mol. The fourth-order valence-electron chi connectivity index (χ4n) is 4.08. The quantitative estimate of drug-likeness (QED) is 0.137. The minimum atomic E-state index is -3.03. The van der Waals surface area contributed by atoms with Crippen LogP contribution in [0.25, 0.3) is 0 Å². The average molecular weight is 462 g/mol. The molecule has 0 fully saturated rings. The molecule has 0 bridgehead atoms. The van der Waals surface area contributed by atoms with Gasteiger partial charge in [0.1, 0.15) is 0 Å². The second-order valence-electron chi connectivity index (χ2n) is 10.5. The number of unbranched alkanes of at least 4 members (excludes halogenated alkanes) is 13. The molecule has 1 radical (unpaired) electrons. The van der Waals surface area contributed by atoms with Crippen molar-refractivity contribution in [2.45, 2.75) is 109 Å². The van der Waals surface area contributed by atoms with Crippen molar-refractivity contribution in [3.63, 3.8) is 0 Å². The van der Waals surface area contributed by atoms with Crippen molar-refractivity contribution in [1.82, 2.24) is 0 Å². The lowest BCUT2D eigenvalue weighted by Crippen LogP contribution is -2.45. The highest BCUT2D eigenvalue weighted by Crippen LogP contribution is 2.18. The average Bonchev–Trinajstić information content (AvgIpc) is 2.67. The maximum atomic E-state index is 12.6. The van der Waals surface area contributed by atoms with Crippen LogP contribution in [0.1, 0.15) is 103 Å². The molecule has 0 aromatic rings. The van der Waals surface area contributed by atoms with E-state index in [4.69, 9.17) is 4.74 Å². The summed E-state index contributed by atoms with van der Waals surface area (Å²) < 4.78 is 31.2. The van der Waals surface area contributed by atoms with E-state index in [9.17, 15) is 8.42 Å². The second-order valence-corrected chi connectivity index (χ2v) is 12.8. The number of ether oxygens (including phenoxy) is 1. The molecule has 0 aromatic heterocycles. The number of hydrogen-bond donors (Lipinski definition) is 0. The van der Waals surface area contributed by atoms with Crippen molar-refractivity contribution in [2.24, 2.45) is 5.92 Å². The summed E-state index contributed by atoms with van der Waals surface area (Å²) >= 11 is 0. The first-order valence-electron chi connectivity index (χ1n) is 13.0. The van der Waals surface area contributed by atoms with Crippen molar-refractivity contribution >= 4 is 9.84 Å². The normalized spacial score (nSPS) is 14.6. The van der Waals surface area contributed by atoms with Crippen LogP contribution < -0.4 is 0 Å². The van der Waals surface area contributed by atoms with Crippen LogP contribution in [0.4, 0.5) is 0 Å². The Morgan fingerprint density at radius 1 is 0.774 bits per heavy atom. The highest BCUT2D eigenvalue weighted by atomic mass is 32.2. The van der Waals surface area contributed by atoms with Gasteiger partial charge in [0.05, 0.1) is 45.3 Å². The maximum absolute atomic E-state index is 12.6. The molecule has 0 spiro atoms. The molecule has 31 heavy (non-hydrogen) atoms. The fourth-order valence-corrected chi connectivity index (χ4v) is 5.84. The first kappa shape index (κ1) is 30.9. The van der Waals surface area contributed by atoms with Gasteiger partial charge in [-0.3, -0.25) is 0 Å². The SMILES string of the molecule is [CH2]C(CC(COC)CS(=O)(=O)CCCCCCCCCCCCCCCC)[N+](C)(C)C. The summed E-state index contributed by atoms with van der Waals surface area (Å²) in [6, 6.07) is 0.163. The minimum Gasteiger partial charge on any atom is -0.384 e. The fraction of sp³-hybridized carbons (Fsp3) is 0.962. The molecule has 0 saturated carbocycles. The predicted octanol–water partition coefficient (Wildman–Crippen LogP) is 6.44. The smallest absolute Gasteiger partial charge is 0.150 e. The Bertz CT molecular complexity index is 499. The van der Waals surface area contributed by atoms with Crippen LogP contribution in [0.5, 0.6) is 0 Å². The van der Waals surface area contributed by atoms with Crippen LogP contribution in [-0.4, -0.2) is 65.3 Å². The van der Waals surface area contributed by atoms with Crippen molar-refractivity contribution < 1.29 is 17.6 Å². The summed E-state index contributed by atoms with van der Waals surface area (Å²) in [5.41, 5.74) is 0. The van der Waals surface area contributed by atoms with Crippen LogP contribution >= 0.6 is 0 Å². The first-order valence-corrected chi connectivity index (χ1v) is 14.8. The van der Waals surface area contributed by atoms with Gasteiger partial charge in [-0.25, -0.2) is 8.42 Å². The number of hydrogen-bond acceptors (Lipinski definition) is 3. The Balaban J connectivity index is 3.82. The van der Waals surface area contributed by atoms with Gasteiger partial charge < -0.3 is 9.22 Å². The highest BCUT2D eigenvalue weighted by molar-refractivity contribution is 7.91. The van der Waals surface area contributed by atoms with Crippen LogP contribution in [0.15, 0.2) is 0 Å². The van der Waals surface area contributed by atoms with Gasteiger partial charge in [-0.2, -0.15) is 0 Å². The van der Waals surface area contributed by atoms with Gasteiger partial charge in [-0.1, -0.05) is 90.4 Å². The van der Waals surface area contributed by atoms with E-state index < -0.39 is 9.84 Å². The molecule has 0 aliphatic heterocycles. The van der Waals surface area contributed by atoms with Crippen molar-refractivity contribution in [2.75, 3.05) is 46.4 Å². The van der Waals surface area contributed by atoms with Gasteiger partial charge in [0.2, 0.25) is 0 Å². The lowest BCUT2D eigenvalue weighted by Gasteiger charge is -2.33.